The van der Waals surface area contributed by atoms with Crippen LogP contribution < -0.4 is 11.1 Å². The average Bonchev–Trinajstić information content (AvgIpc) is 2.20. The van der Waals surface area contributed by atoms with E-state index in [0.29, 0.717) is 5.41 Å². The first-order valence-electron chi connectivity index (χ1n) is 5.83. The minimum absolute atomic E-state index is 0.571. The molecule has 2 heteroatoms. The van der Waals surface area contributed by atoms with Crippen LogP contribution in [0.3, 0.4) is 0 Å². The van der Waals surface area contributed by atoms with E-state index >= 15 is 0 Å². The van der Waals surface area contributed by atoms with Gasteiger partial charge in [0.05, 0.1) is 0 Å². The molecule has 0 bridgehead atoms. The summed E-state index contributed by atoms with van der Waals surface area (Å²) in [4.78, 5) is 0. The van der Waals surface area contributed by atoms with E-state index in [2.05, 4.69) is 24.4 Å². The number of anilines is 2. The fourth-order valence-electron chi connectivity index (χ4n) is 2.22. The smallest absolute Gasteiger partial charge is 0.0341 e. The quantitative estimate of drug-likeness (QED) is 0.739. The van der Waals surface area contributed by atoms with Gasteiger partial charge in [-0.15, -0.1) is 0 Å². The summed E-state index contributed by atoms with van der Waals surface area (Å²) in [6.07, 6.45) is 5.45. The highest BCUT2D eigenvalue weighted by Gasteiger charge is 2.34. The normalized spacial score (nSPS) is 18.2. The second-order valence-corrected chi connectivity index (χ2v) is 4.68. The third-order valence-corrected chi connectivity index (χ3v) is 3.74. The Morgan fingerprint density at radius 2 is 1.93 bits per heavy atom. The zero-order valence-corrected chi connectivity index (χ0v) is 9.42. The van der Waals surface area contributed by atoms with Crippen LogP contribution in [0.1, 0.15) is 32.6 Å². The van der Waals surface area contributed by atoms with Gasteiger partial charge in [-0.25, -0.2) is 0 Å². The van der Waals surface area contributed by atoms with Crippen molar-refractivity contribution in [2.45, 2.75) is 32.6 Å². The van der Waals surface area contributed by atoms with Crippen LogP contribution in [-0.2, 0) is 0 Å². The van der Waals surface area contributed by atoms with E-state index in [4.69, 9.17) is 5.73 Å². The Labute approximate surface area is 91.9 Å². The molecule has 82 valence electrons. The first kappa shape index (κ1) is 10.3. The molecule has 0 atom stereocenters. The van der Waals surface area contributed by atoms with Gasteiger partial charge in [-0.3, -0.25) is 0 Å². The Morgan fingerprint density at radius 3 is 2.40 bits per heavy atom. The molecule has 1 aromatic carbocycles. The Kier molecular flexibility index (Phi) is 2.85. The lowest BCUT2D eigenvalue weighted by atomic mass is 9.67. The molecule has 0 amide bonds. The number of hydrogen-bond donors (Lipinski definition) is 2. The van der Waals surface area contributed by atoms with E-state index in [1.807, 2.05) is 12.1 Å². The van der Waals surface area contributed by atoms with Gasteiger partial charge < -0.3 is 11.1 Å². The van der Waals surface area contributed by atoms with Gasteiger partial charge in [0.1, 0.15) is 0 Å². The summed E-state index contributed by atoms with van der Waals surface area (Å²) in [5, 5.41) is 3.51. The number of nitrogen functional groups attached to an aromatic ring is 1. The number of nitrogens with two attached hydrogens (primary N) is 1. The summed E-state index contributed by atoms with van der Waals surface area (Å²) in [5.41, 5.74) is 8.23. The van der Waals surface area contributed by atoms with E-state index < -0.39 is 0 Å². The van der Waals surface area contributed by atoms with Crippen LogP contribution in [0.25, 0.3) is 0 Å². The summed E-state index contributed by atoms with van der Waals surface area (Å²) in [6, 6.07) is 8.00. The van der Waals surface area contributed by atoms with Crippen LogP contribution >= 0.6 is 0 Å². The van der Waals surface area contributed by atoms with E-state index in [0.717, 1.165) is 12.2 Å². The minimum atomic E-state index is 0.571. The number of rotatable bonds is 4. The van der Waals surface area contributed by atoms with E-state index in [9.17, 15) is 0 Å². The second kappa shape index (κ2) is 4.13. The van der Waals surface area contributed by atoms with Gasteiger partial charge in [-0.05, 0) is 48.9 Å². The van der Waals surface area contributed by atoms with E-state index in [1.54, 1.807) is 0 Å². The molecule has 1 fully saturated rings. The maximum absolute atomic E-state index is 5.64. The molecule has 0 saturated heterocycles. The number of nitrogens with one attached hydrogen (secondary N) is 1. The van der Waals surface area contributed by atoms with Crippen molar-refractivity contribution in [2.75, 3.05) is 17.6 Å². The second-order valence-electron chi connectivity index (χ2n) is 4.68. The maximum atomic E-state index is 5.64. The molecule has 0 heterocycles. The number of benzene rings is 1. The maximum Gasteiger partial charge on any atom is 0.0341 e. The highest BCUT2D eigenvalue weighted by Crippen LogP contribution is 2.43. The Hall–Kier alpha value is -1.18. The van der Waals surface area contributed by atoms with Crippen molar-refractivity contribution in [3.63, 3.8) is 0 Å². The molecular formula is C13H20N2. The van der Waals surface area contributed by atoms with Crippen molar-refractivity contribution >= 4 is 11.4 Å². The summed E-state index contributed by atoms with van der Waals surface area (Å²) >= 11 is 0. The van der Waals surface area contributed by atoms with E-state index in [1.165, 1.54) is 31.4 Å². The molecule has 0 radical (unpaired) electrons. The highest BCUT2D eigenvalue weighted by molar-refractivity contribution is 5.51. The van der Waals surface area contributed by atoms with Gasteiger partial charge in [0.25, 0.3) is 0 Å². The summed E-state index contributed by atoms with van der Waals surface area (Å²) in [5.74, 6) is 0. The van der Waals surface area contributed by atoms with Crippen LogP contribution in [0.15, 0.2) is 24.3 Å². The standard InChI is InChI=1S/C13H20N2/c1-2-13(8-3-9-13)10-15-12-6-4-11(14)5-7-12/h4-7,15H,2-3,8-10,14H2,1H3. The Balaban J connectivity index is 1.90. The zero-order chi connectivity index (χ0) is 10.7. The van der Waals surface area contributed by atoms with Gasteiger partial charge in [-0.1, -0.05) is 13.3 Å². The Morgan fingerprint density at radius 1 is 1.27 bits per heavy atom. The van der Waals surface area contributed by atoms with Gasteiger partial charge >= 0.3 is 0 Å². The van der Waals surface area contributed by atoms with Gasteiger partial charge in [0.15, 0.2) is 0 Å². The van der Waals surface area contributed by atoms with Gasteiger partial charge in [0.2, 0.25) is 0 Å². The van der Waals surface area contributed by atoms with Crippen molar-refractivity contribution < 1.29 is 0 Å². The largest absolute Gasteiger partial charge is 0.399 e. The fourth-order valence-corrected chi connectivity index (χ4v) is 2.22. The summed E-state index contributed by atoms with van der Waals surface area (Å²) in [6.45, 7) is 3.40. The molecule has 1 aliphatic carbocycles. The van der Waals surface area contributed by atoms with Crippen LogP contribution in [0, 0.1) is 5.41 Å². The van der Waals surface area contributed by atoms with Crippen molar-refractivity contribution in [3.05, 3.63) is 24.3 Å². The molecule has 0 unspecified atom stereocenters. The van der Waals surface area contributed by atoms with Crippen molar-refractivity contribution in [3.8, 4) is 0 Å². The predicted molar refractivity (Wildman–Crippen MR) is 65.9 cm³/mol. The minimum Gasteiger partial charge on any atom is -0.399 e. The highest BCUT2D eigenvalue weighted by atomic mass is 14.9. The molecule has 1 saturated carbocycles. The monoisotopic (exact) mass is 204 g/mol. The molecule has 2 nitrogen and oxygen atoms in total. The van der Waals surface area contributed by atoms with E-state index in [-0.39, 0.29) is 0 Å². The van der Waals surface area contributed by atoms with Crippen LogP contribution in [0.2, 0.25) is 0 Å². The first-order chi connectivity index (χ1) is 7.24. The van der Waals surface area contributed by atoms with Gasteiger partial charge in [-0.2, -0.15) is 0 Å². The molecular weight excluding hydrogens is 184 g/mol. The molecule has 0 aromatic heterocycles. The first-order valence-corrected chi connectivity index (χ1v) is 5.83. The molecule has 3 N–H and O–H groups in total. The van der Waals surface area contributed by atoms with Crippen molar-refractivity contribution in [2.24, 2.45) is 5.41 Å². The third-order valence-electron chi connectivity index (χ3n) is 3.74. The zero-order valence-electron chi connectivity index (χ0n) is 9.42. The fraction of sp³-hybridized carbons (Fsp3) is 0.538. The van der Waals surface area contributed by atoms with Crippen LogP contribution in [0.4, 0.5) is 11.4 Å². The molecule has 1 aromatic rings. The molecule has 15 heavy (non-hydrogen) atoms. The van der Waals surface area contributed by atoms with Gasteiger partial charge in [0, 0.05) is 17.9 Å². The Bertz CT molecular complexity index is 306. The third kappa shape index (κ3) is 2.25. The average molecular weight is 204 g/mol. The van der Waals surface area contributed by atoms with Crippen molar-refractivity contribution in [1.82, 2.24) is 0 Å². The predicted octanol–water partition coefficient (Wildman–Crippen LogP) is 3.26. The van der Waals surface area contributed by atoms with Crippen LogP contribution in [0.5, 0.6) is 0 Å². The lowest BCUT2D eigenvalue weighted by Crippen LogP contribution is -2.35. The lowest BCUT2D eigenvalue weighted by molar-refractivity contribution is 0.145. The molecule has 1 aliphatic rings. The summed E-state index contributed by atoms with van der Waals surface area (Å²) in [7, 11) is 0. The summed E-state index contributed by atoms with van der Waals surface area (Å²) < 4.78 is 0. The lowest BCUT2D eigenvalue weighted by Gasteiger charge is -2.41. The SMILES string of the molecule is CCC1(CNc2ccc(N)cc2)CCC1. The topological polar surface area (TPSA) is 38.0 Å². The number of hydrogen-bond acceptors (Lipinski definition) is 2. The molecule has 0 aliphatic heterocycles. The van der Waals surface area contributed by atoms with Crippen LogP contribution in [-0.4, -0.2) is 6.54 Å². The molecule has 0 spiro atoms. The molecule has 2 rings (SSSR count). The van der Waals surface area contributed by atoms with Crippen molar-refractivity contribution in [1.29, 1.82) is 0 Å².